The van der Waals surface area contributed by atoms with Gasteiger partial charge in [-0.15, -0.1) is 0 Å². The van der Waals surface area contributed by atoms with Gasteiger partial charge in [-0.05, 0) is 53.8 Å². The molecule has 34 heavy (non-hydrogen) atoms. The van der Waals surface area contributed by atoms with E-state index in [4.69, 9.17) is 9.73 Å². The fourth-order valence-electron chi connectivity index (χ4n) is 4.89. The van der Waals surface area contributed by atoms with Gasteiger partial charge in [0.25, 0.3) is 5.56 Å². The van der Waals surface area contributed by atoms with Crippen molar-refractivity contribution < 1.29 is 4.74 Å². The van der Waals surface area contributed by atoms with Crippen LogP contribution in [0, 0.1) is 0 Å². The normalized spacial score (nSPS) is 17.0. The Morgan fingerprint density at radius 3 is 2.62 bits per heavy atom. The smallest absolute Gasteiger partial charge is 0.271 e. The molecule has 0 fully saturated rings. The summed E-state index contributed by atoms with van der Waals surface area (Å²) >= 11 is 4.98. The van der Waals surface area contributed by atoms with Crippen molar-refractivity contribution in [1.82, 2.24) is 4.57 Å². The number of allylic oxidation sites excluding steroid dienone is 1. The Kier molecular flexibility index (Phi) is 5.35. The lowest BCUT2D eigenvalue weighted by Crippen LogP contribution is -2.38. The van der Waals surface area contributed by atoms with Crippen LogP contribution in [0.1, 0.15) is 34.7 Å². The number of halogens is 1. The van der Waals surface area contributed by atoms with E-state index in [1.165, 1.54) is 28.0 Å². The van der Waals surface area contributed by atoms with Gasteiger partial charge in [0.2, 0.25) is 0 Å². The summed E-state index contributed by atoms with van der Waals surface area (Å²) < 4.78 is 9.05. The minimum absolute atomic E-state index is 0.0204. The first kappa shape index (κ1) is 21.3. The van der Waals surface area contributed by atoms with Crippen molar-refractivity contribution in [3.8, 4) is 5.75 Å². The summed E-state index contributed by atoms with van der Waals surface area (Å²) in [5.74, 6) is 0.742. The van der Waals surface area contributed by atoms with E-state index in [2.05, 4.69) is 52.3 Å². The van der Waals surface area contributed by atoms with Gasteiger partial charge >= 0.3 is 0 Å². The fourth-order valence-corrected chi connectivity index (χ4v) is 6.15. The number of hydrogen-bond donors (Lipinski definition) is 0. The fraction of sp³-hybridized carbons (Fsp3) is 0.143. The van der Waals surface area contributed by atoms with Gasteiger partial charge in [-0.2, -0.15) is 0 Å². The Labute approximate surface area is 209 Å². The van der Waals surface area contributed by atoms with Crippen LogP contribution in [0.5, 0.6) is 5.75 Å². The third-order valence-electron chi connectivity index (χ3n) is 6.48. The second-order valence-electron chi connectivity index (χ2n) is 8.41. The first-order valence-electron chi connectivity index (χ1n) is 11.2. The van der Waals surface area contributed by atoms with Gasteiger partial charge < -0.3 is 4.74 Å². The highest BCUT2D eigenvalue weighted by Crippen LogP contribution is 2.41. The van der Waals surface area contributed by atoms with Crippen LogP contribution < -0.4 is 19.6 Å². The average molecular weight is 529 g/mol. The Hall–Kier alpha value is -3.22. The van der Waals surface area contributed by atoms with E-state index in [9.17, 15) is 4.79 Å². The molecule has 1 unspecified atom stereocenters. The minimum atomic E-state index is -0.174. The van der Waals surface area contributed by atoms with Crippen LogP contribution in [0.25, 0.3) is 11.8 Å². The minimum Gasteiger partial charge on any atom is -0.496 e. The van der Waals surface area contributed by atoms with Crippen LogP contribution in [-0.2, 0) is 6.42 Å². The molecule has 0 spiro atoms. The number of methoxy groups -OCH3 is 1. The molecule has 1 atom stereocenters. The lowest BCUT2D eigenvalue weighted by Gasteiger charge is -2.30. The SMILES string of the molecule is COc1ccccc1/C=c1/sc2n(c1=O)C(c1ccc(Br)cc1)C1=C(N=2)c2ccccc2CC1. The number of aromatic nitrogens is 1. The van der Waals surface area contributed by atoms with E-state index in [1.54, 1.807) is 7.11 Å². The molecule has 1 aliphatic heterocycles. The van der Waals surface area contributed by atoms with Gasteiger partial charge in [-0.25, -0.2) is 4.99 Å². The zero-order valence-corrected chi connectivity index (χ0v) is 20.9. The number of thiazole rings is 1. The Morgan fingerprint density at radius 2 is 1.79 bits per heavy atom. The van der Waals surface area contributed by atoms with E-state index in [0.717, 1.165) is 44.7 Å². The number of rotatable bonds is 3. The van der Waals surface area contributed by atoms with Crippen LogP contribution in [0.2, 0.25) is 0 Å². The van der Waals surface area contributed by atoms with E-state index in [0.29, 0.717) is 4.53 Å². The molecule has 4 aromatic rings. The largest absolute Gasteiger partial charge is 0.496 e. The summed E-state index contributed by atoms with van der Waals surface area (Å²) in [5.41, 5.74) is 6.66. The van der Waals surface area contributed by atoms with Crippen molar-refractivity contribution in [1.29, 1.82) is 0 Å². The molecular formula is C28H21BrN2O2S. The first-order valence-corrected chi connectivity index (χ1v) is 12.8. The summed E-state index contributed by atoms with van der Waals surface area (Å²) in [6, 6.07) is 24.3. The maximum Gasteiger partial charge on any atom is 0.271 e. The number of para-hydroxylation sites is 1. The highest BCUT2D eigenvalue weighted by molar-refractivity contribution is 9.10. The molecule has 6 heteroatoms. The predicted molar refractivity (Wildman–Crippen MR) is 140 cm³/mol. The molecular weight excluding hydrogens is 508 g/mol. The van der Waals surface area contributed by atoms with E-state index in [1.807, 2.05) is 47.0 Å². The summed E-state index contributed by atoms with van der Waals surface area (Å²) in [7, 11) is 1.65. The Balaban J connectivity index is 1.63. The molecule has 6 rings (SSSR count). The third kappa shape index (κ3) is 3.49. The Bertz CT molecular complexity index is 1630. The van der Waals surface area contributed by atoms with Crippen LogP contribution >= 0.6 is 27.3 Å². The summed E-state index contributed by atoms with van der Waals surface area (Å²) in [5, 5.41) is 0. The van der Waals surface area contributed by atoms with E-state index >= 15 is 0 Å². The van der Waals surface area contributed by atoms with Gasteiger partial charge in [0, 0.05) is 15.6 Å². The van der Waals surface area contributed by atoms with E-state index in [-0.39, 0.29) is 11.6 Å². The van der Waals surface area contributed by atoms with Crippen molar-refractivity contribution in [2.75, 3.05) is 7.11 Å². The van der Waals surface area contributed by atoms with Crippen LogP contribution in [-0.4, -0.2) is 11.7 Å². The van der Waals surface area contributed by atoms with Gasteiger partial charge in [0.05, 0.1) is 23.4 Å². The lowest BCUT2D eigenvalue weighted by atomic mass is 9.83. The molecule has 0 saturated carbocycles. The molecule has 0 amide bonds. The summed E-state index contributed by atoms with van der Waals surface area (Å²) in [6.07, 6.45) is 3.74. The zero-order chi connectivity index (χ0) is 23.2. The molecule has 3 aromatic carbocycles. The number of nitrogens with zero attached hydrogens (tertiary/aromatic N) is 2. The highest BCUT2D eigenvalue weighted by Gasteiger charge is 2.32. The van der Waals surface area contributed by atoms with Crippen molar-refractivity contribution in [3.63, 3.8) is 0 Å². The second-order valence-corrected chi connectivity index (χ2v) is 10.3. The number of fused-ring (bicyclic) bond motifs is 3. The van der Waals surface area contributed by atoms with Crippen molar-refractivity contribution in [2.45, 2.75) is 18.9 Å². The monoisotopic (exact) mass is 528 g/mol. The Morgan fingerprint density at radius 1 is 1.03 bits per heavy atom. The first-order chi connectivity index (χ1) is 16.6. The van der Waals surface area contributed by atoms with Crippen molar-refractivity contribution in [3.05, 3.63) is 125 Å². The number of hydrogen-bond acceptors (Lipinski definition) is 4. The standard InChI is InChI=1S/C28H21BrN2O2S/c1-33-23-9-5-3-7-19(23)16-24-27(32)31-26(18-10-13-20(29)14-11-18)22-15-12-17-6-2-4-8-21(17)25(22)30-28(31)34-24/h2-11,13-14,16,26H,12,15H2,1H3/b24-16+. The average Bonchev–Trinajstić information content (AvgIpc) is 3.18. The molecule has 0 radical (unpaired) electrons. The maximum atomic E-state index is 13.8. The molecule has 168 valence electrons. The molecule has 1 aliphatic carbocycles. The molecule has 1 aromatic heterocycles. The quantitative estimate of drug-likeness (QED) is 0.371. The van der Waals surface area contributed by atoms with Crippen molar-refractivity contribution >= 4 is 39.0 Å². The summed E-state index contributed by atoms with van der Waals surface area (Å²) in [6.45, 7) is 0. The number of ether oxygens (including phenoxy) is 1. The molecule has 4 nitrogen and oxygen atoms in total. The van der Waals surface area contributed by atoms with Gasteiger partial charge in [-0.1, -0.05) is 81.9 Å². The number of benzene rings is 3. The summed E-state index contributed by atoms with van der Waals surface area (Å²) in [4.78, 5) is 19.6. The molecule has 2 heterocycles. The van der Waals surface area contributed by atoms with Gasteiger partial charge in [0.1, 0.15) is 5.75 Å². The van der Waals surface area contributed by atoms with Crippen molar-refractivity contribution in [2.24, 2.45) is 4.99 Å². The maximum absolute atomic E-state index is 13.8. The van der Waals surface area contributed by atoms with Crippen LogP contribution in [0.4, 0.5) is 0 Å². The highest BCUT2D eigenvalue weighted by atomic mass is 79.9. The molecule has 0 bridgehead atoms. The third-order valence-corrected chi connectivity index (χ3v) is 8.00. The number of aryl methyl sites for hydroxylation is 1. The second kappa shape index (κ2) is 8.53. The molecule has 0 saturated heterocycles. The topological polar surface area (TPSA) is 43.6 Å². The zero-order valence-electron chi connectivity index (χ0n) is 18.5. The van der Waals surface area contributed by atoms with Gasteiger partial charge in [-0.3, -0.25) is 9.36 Å². The predicted octanol–water partition coefficient (Wildman–Crippen LogP) is 5.09. The van der Waals surface area contributed by atoms with E-state index < -0.39 is 0 Å². The lowest BCUT2D eigenvalue weighted by molar-refractivity contribution is 0.414. The van der Waals surface area contributed by atoms with Crippen LogP contribution in [0.3, 0.4) is 0 Å². The van der Waals surface area contributed by atoms with Gasteiger partial charge in [0.15, 0.2) is 4.80 Å². The molecule has 2 aliphatic rings. The van der Waals surface area contributed by atoms with Crippen LogP contribution in [0.15, 0.2) is 92.6 Å². The molecule has 0 N–H and O–H groups in total.